The van der Waals surface area contributed by atoms with Crippen LogP contribution in [0.4, 0.5) is 0 Å². The Morgan fingerprint density at radius 2 is 1.00 bits per heavy atom. The van der Waals surface area contributed by atoms with Gasteiger partial charge in [0, 0.05) is 12.0 Å². The summed E-state index contributed by atoms with van der Waals surface area (Å²) in [5.74, 6) is 0.740. The Balaban J connectivity index is 0.000000648. The first-order chi connectivity index (χ1) is 18.9. The van der Waals surface area contributed by atoms with E-state index in [1.165, 1.54) is 16.7 Å². The molecular formula is C32H29O6P. The van der Waals surface area contributed by atoms with Crippen LogP contribution in [0.15, 0.2) is 97.1 Å². The maximum Gasteiger partial charge on any atom is 0.466 e. The van der Waals surface area contributed by atoms with Gasteiger partial charge in [0.05, 0.1) is 6.61 Å². The fourth-order valence-corrected chi connectivity index (χ4v) is 4.08. The van der Waals surface area contributed by atoms with Gasteiger partial charge in [-0.1, -0.05) is 121 Å². The molecule has 1 aliphatic rings. The van der Waals surface area contributed by atoms with Crippen LogP contribution in [0.5, 0.6) is 5.75 Å². The van der Waals surface area contributed by atoms with Crippen LogP contribution in [-0.2, 0) is 15.9 Å². The van der Waals surface area contributed by atoms with Crippen molar-refractivity contribution < 1.29 is 29.0 Å². The summed E-state index contributed by atoms with van der Waals surface area (Å²) in [7, 11) is -4.64. The lowest BCUT2D eigenvalue weighted by atomic mass is 9.91. The van der Waals surface area contributed by atoms with Crippen LogP contribution < -0.4 is 4.89 Å². The highest BCUT2D eigenvalue weighted by atomic mass is 31.2. The van der Waals surface area contributed by atoms with E-state index < -0.39 is 7.82 Å². The van der Waals surface area contributed by atoms with Crippen LogP contribution in [0.3, 0.4) is 0 Å². The van der Waals surface area contributed by atoms with Gasteiger partial charge in [0.25, 0.3) is 0 Å². The number of phosphoric acid groups is 1. The highest BCUT2D eigenvalue weighted by Crippen LogP contribution is 2.36. The van der Waals surface area contributed by atoms with Gasteiger partial charge in [-0.25, -0.2) is 4.57 Å². The van der Waals surface area contributed by atoms with E-state index in [4.69, 9.17) is 29.0 Å². The topological polar surface area (TPSA) is 96.2 Å². The molecule has 6 nitrogen and oxygen atoms in total. The molecule has 0 aromatic heterocycles. The summed E-state index contributed by atoms with van der Waals surface area (Å²) >= 11 is 0. The molecule has 39 heavy (non-hydrogen) atoms. The minimum Gasteiger partial charge on any atom is -0.337 e. The van der Waals surface area contributed by atoms with Crippen LogP contribution in [-0.4, -0.2) is 21.3 Å². The molecule has 1 heterocycles. The first-order valence-corrected chi connectivity index (χ1v) is 13.9. The monoisotopic (exact) mass is 540 g/mol. The molecule has 3 N–H and O–H groups in total. The average Bonchev–Trinajstić information content (AvgIpc) is 3.15. The third-order valence-electron chi connectivity index (χ3n) is 5.83. The van der Waals surface area contributed by atoms with Crippen LogP contribution in [0.1, 0.15) is 38.9 Å². The lowest BCUT2D eigenvalue weighted by Crippen LogP contribution is -1.97. The van der Waals surface area contributed by atoms with Gasteiger partial charge in [0.2, 0.25) is 0 Å². The molecular weight excluding hydrogens is 511 g/mol. The van der Waals surface area contributed by atoms with Crippen molar-refractivity contribution in [2.45, 2.75) is 6.42 Å². The van der Waals surface area contributed by atoms with Crippen molar-refractivity contribution in [2.24, 2.45) is 0 Å². The molecule has 7 heteroatoms. The lowest BCUT2D eigenvalue weighted by molar-refractivity contribution is -0.203. The number of rotatable bonds is 6. The Labute approximate surface area is 228 Å². The van der Waals surface area contributed by atoms with Crippen molar-refractivity contribution in [3.8, 4) is 5.75 Å². The highest BCUT2D eigenvalue weighted by molar-refractivity contribution is 7.45. The highest BCUT2D eigenvalue weighted by Gasteiger charge is 2.18. The number of hydrogen-bond donors (Lipinski definition) is 3. The molecule has 5 rings (SSSR count). The van der Waals surface area contributed by atoms with Crippen molar-refractivity contribution in [2.75, 3.05) is 6.61 Å². The minimum atomic E-state index is -4.64. The van der Waals surface area contributed by atoms with Gasteiger partial charge in [-0.05, 0) is 45.5 Å². The summed E-state index contributed by atoms with van der Waals surface area (Å²) in [6.07, 6.45) is 13.7. The standard InChI is InChI=1S/C32H26O2.H3O4P/c1-4-10-25(11-5-1)16-19-29-28-22-23-33-34-32(24-28)31(21-18-27-14-8-3-9-15-27)30(29)20-17-26-12-6-2-7-13-26;1-5(2,3)4/h1-21,24H,22-23H2;(H3,1,2,3,4). The third-order valence-corrected chi connectivity index (χ3v) is 5.83. The Kier molecular flexibility index (Phi) is 9.81. The Morgan fingerprint density at radius 1 is 0.590 bits per heavy atom. The van der Waals surface area contributed by atoms with Gasteiger partial charge in [-0.3, -0.25) is 0 Å². The van der Waals surface area contributed by atoms with E-state index in [1.54, 1.807) is 0 Å². The molecule has 0 spiro atoms. The van der Waals surface area contributed by atoms with Crippen LogP contribution in [0, 0.1) is 0 Å². The molecule has 0 radical (unpaired) electrons. The van der Waals surface area contributed by atoms with Crippen molar-refractivity contribution in [1.82, 2.24) is 0 Å². The molecule has 0 saturated carbocycles. The molecule has 0 atom stereocenters. The fraction of sp³-hybridized carbons (Fsp3) is 0.0625. The Morgan fingerprint density at radius 3 is 1.46 bits per heavy atom. The van der Waals surface area contributed by atoms with Crippen molar-refractivity contribution >= 4 is 44.3 Å². The molecule has 0 saturated heterocycles. The first-order valence-electron chi connectivity index (χ1n) is 12.3. The van der Waals surface area contributed by atoms with Crippen LogP contribution >= 0.6 is 7.82 Å². The summed E-state index contributed by atoms with van der Waals surface area (Å²) < 4.78 is 8.88. The zero-order valence-corrected chi connectivity index (χ0v) is 22.0. The molecule has 1 aliphatic heterocycles. The normalized spacial score (nSPS) is 13.2. The third kappa shape index (κ3) is 9.04. The summed E-state index contributed by atoms with van der Waals surface area (Å²) in [4.78, 5) is 32.8. The van der Waals surface area contributed by atoms with Crippen molar-refractivity contribution in [1.29, 1.82) is 0 Å². The maximum absolute atomic E-state index is 8.88. The van der Waals surface area contributed by atoms with Gasteiger partial charge in [0.1, 0.15) is 0 Å². The lowest BCUT2D eigenvalue weighted by Gasteiger charge is -2.14. The van der Waals surface area contributed by atoms with Crippen LogP contribution in [0.25, 0.3) is 36.5 Å². The van der Waals surface area contributed by atoms with E-state index in [1.807, 2.05) is 30.3 Å². The van der Waals surface area contributed by atoms with Gasteiger partial charge in [-0.2, -0.15) is 4.89 Å². The Hall–Kier alpha value is -4.03. The van der Waals surface area contributed by atoms with Gasteiger partial charge in [-0.15, -0.1) is 0 Å². The van der Waals surface area contributed by atoms with Crippen molar-refractivity contribution in [3.05, 3.63) is 136 Å². The molecule has 0 aliphatic carbocycles. The fourth-order valence-electron chi connectivity index (χ4n) is 4.08. The minimum absolute atomic E-state index is 0.517. The maximum atomic E-state index is 8.88. The molecule has 198 valence electrons. The van der Waals surface area contributed by atoms with Gasteiger partial charge >= 0.3 is 7.82 Å². The zero-order valence-electron chi connectivity index (χ0n) is 21.1. The second kappa shape index (κ2) is 13.7. The number of benzene rings is 4. The van der Waals surface area contributed by atoms with Crippen LogP contribution in [0.2, 0.25) is 0 Å². The average molecular weight is 541 g/mol. The predicted octanol–water partition coefficient (Wildman–Crippen LogP) is 7.14. The number of fused-ring (bicyclic) bond motifs is 2. The molecule has 0 unspecified atom stereocenters. The molecule has 0 fully saturated rings. The van der Waals surface area contributed by atoms with E-state index in [2.05, 4.69) is 103 Å². The quantitative estimate of drug-likeness (QED) is 0.137. The summed E-state index contributed by atoms with van der Waals surface area (Å²) in [5.41, 5.74) is 7.95. The number of hydrogen-bond acceptors (Lipinski definition) is 3. The Bertz CT molecular complexity index is 1400. The summed E-state index contributed by atoms with van der Waals surface area (Å²) in [6.45, 7) is 0.517. The zero-order chi connectivity index (χ0) is 27.5. The van der Waals surface area contributed by atoms with Crippen molar-refractivity contribution in [3.63, 3.8) is 0 Å². The molecule has 4 aromatic carbocycles. The van der Waals surface area contributed by atoms with E-state index in [9.17, 15) is 0 Å². The SMILES string of the molecule is C(=Cc1c2cc(c(C=Cc3ccccc3)c1C=Cc1ccccc1)OOCC2)c1ccccc1.O=P(O)(O)O. The van der Waals surface area contributed by atoms with E-state index in [0.717, 1.165) is 34.4 Å². The second-order valence-corrected chi connectivity index (χ2v) is 9.70. The van der Waals surface area contributed by atoms with Gasteiger partial charge < -0.3 is 19.6 Å². The van der Waals surface area contributed by atoms with E-state index in [0.29, 0.717) is 6.61 Å². The van der Waals surface area contributed by atoms with E-state index in [-0.39, 0.29) is 0 Å². The van der Waals surface area contributed by atoms with E-state index >= 15 is 0 Å². The summed E-state index contributed by atoms with van der Waals surface area (Å²) in [5, 5.41) is 0. The largest absolute Gasteiger partial charge is 0.466 e. The molecule has 0 amide bonds. The van der Waals surface area contributed by atoms with Gasteiger partial charge in [0.15, 0.2) is 5.75 Å². The smallest absolute Gasteiger partial charge is 0.337 e. The molecule has 4 aromatic rings. The first kappa shape index (κ1) is 28.0. The second-order valence-electron chi connectivity index (χ2n) is 8.68. The predicted molar refractivity (Wildman–Crippen MR) is 157 cm³/mol. The molecule has 2 bridgehead atoms. The summed E-state index contributed by atoms with van der Waals surface area (Å²) in [6, 6.07) is 33.2.